The molecule has 2 aliphatic rings. The van der Waals surface area contributed by atoms with Crippen LogP contribution in [0.1, 0.15) is 29.6 Å². The number of carbonyl (C=O) groups excluding carboxylic acids is 1. The third-order valence-corrected chi connectivity index (χ3v) is 4.31. The number of rotatable bonds is 2. The molecule has 0 N–H and O–H groups in total. The van der Waals surface area contributed by atoms with Gasteiger partial charge in [0.15, 0.2) is 5.78 Å². The third kappa shape index (κ3) is 2.69. The number of hydrogen-bond acceptors (Lipinski definition) is 3. The molecule has 2 fully saturated rings. The third-order valence-electron chi connectivity index (χ3n) is 4.06. The average molecular weight is 281 g/mol. The van der Waals surface area contributed by atoms with E-state index in [1.807, 2.05) is 0 Å². The number of hydrogen-bond donors (Lipinski definition) is 0. The van der Waals surface area contributed by atoms with Crippen LogP contribution in [0, 0.1) is 5.92 Å². The van der Waals surface area contributed by atoms with Gasteiger partial charge in [-0.25, -0.2) is 0 Å². The first-order valence-corrected chi connectivity index (χ1v) is 7.08. The summed E-state index contributed by atoms with van der Waals surface area (Å²) < 4.78 is 11.3. The predicted octanol–water partition coefficient (Wildman–Crippen LogP) is 3.11. The van der Waals surface area contributed by atoms with Crippen LogP contribution in [0.3, 0.4) is 0 Å². The first-order valence-electron chi connectivity index (χ1n) is 6.70. The summed E-state index contributed by atoms with van der Waals surface area (Å²) in [6.45, 7) is 2.01. The smallest absolute Gasteiger partial charge is 0.166 e. The molecular formula is C15H17ClO3. The molecule has 1 aromatic rings. The van der Waals surface area contributed by atoms with Crippen LogP contribution in [-0.4, -0.2) is 31.2 Å². The SMILES string of the molecule is O=C(c1ccc(Cl)cc1)C1CCOC2(CCOC2)C1. The number of benzene rings is 1. The Labute approximate surface area is 117 Å². The van der Waals surface area contributed by atoms with Gasteiger partial charge in [0.05, 0.1) is 12.2 Å². The van der Waals surface area contributed by atoms with Crippen LogP contribution in [0.25, 0.3) is 0 Å². The molecule has 2 heterocycles. The normalized spacial score (nSPS) is 30.7. The van der Waals surface area contributed by atoms with Crippen molar-refractivity contribution >= 4 is 17.4 Å². The van der Waals surface area contributed by atoms with Crippen LogP contribution in [-0.2, 0) is 9.47 Å². The summed E-state index contributed by atoms with van der Waals surface area (Å²) in [5.41, 5.74) is 0.524. The zero-order chi connectivity index (χ0) is 13.3. The van der Waals surface area contributed by atoms with Crippen molar-refractivity contribution in [1.82, 2.24) is 0 Å². The van der Waals surface area contributed by atoms with Gasteiger partial charge in [0, 0.05) is 36.1 Å². The fourth-order valence-corrected chi connectivity index (χ4v) is 3.09. The van der Waals surface area contributed by atoms with E-state index in [2.05, 4.69) is 0 Å². The number of carbonyl (C=O) groups is 1. The van der Waals surface area contributed by atoms with Gasteiger partial charge in [-0.15, -0.1) is 0 Å². The minimum absolute atomic E-state index is 0.0385. The van der Waals surface area contributed by atoms with E-state index in [4.69, 9.17) is 21.1 Å². The van der Waals surface area contributed by atoms with Gasteiger partial charge in [0.2, 0.25) is 0 Å². The number of ketones is 1. The molecule has 0 amide bonds. The van der Waals surface area contributed by atoms with Gasteiger partial charge in [0.1, 0.15) is 0 Å². The number of ether oxygens (including phenoxy) is 2. The van der Waals surface area contributed by atoms with Gasteiger partial charge in [-0.1, -0.05) is 11.6 Å². The molecule has 3 rings (SSSR count). The molecule has 2 unspecified atom stereocenters. The molecule has 4 heteroatoms. The van der Waals surface area contributed by atoms with Gasteiger partial charge in [-0.05, 0) is 37.1 Å². The second-order valence-corrected chi connectivity index (χ2v) is 5.83. The highest BCUT2D eigenvalue weighted by Crippen LogP contribution is 2.37. The van der Waals surface area contributed by atoms with Crippen LogP contribution in [0.15, 0.2) is 24.3 Å². The maximum absolute atomic E-state index is 12.5. The highest BCUT2D eigenvalue weighted by atomic mass is 35.5. The highest BCUT2D eigenvalue weighted by molar-refractivity contribution is 6.30. The molecule has 2 aliphatic heterocycles. The van der Waals surface area contributed by atoms with Gasteiger partial charge >= 0.3 is 0 Å². The lowest BCUT2D eigenvalue weighted by atomic mass is 9.81. The quantitative estimate of drug-likeness (QED) is 0.781. The van der Waals surface area contributed by atoms with Gasteiger partial charge in [-0.3, -0.25) is 4.79 Å². The zero-order valence-electron chi connectivity index (χ0n) is 10.7. The van der Waals surface area contributed by atoms with E-state index in [-0.39, 0.29) is 17.3 Å². The molecule has 0 aromatic heterocycles. The maximum Gasteiger partial charge on any atom is 0.166 e. The fourth-order valence-electron chi connectivity index (χ4n) is 2.96. The minimum atomic E-state index is -0.217. The second kappa shape index (κ2) is 5.23. The lowest BCUT2D eigenvalue weighted by Crippen LogP contribution is -2.42. The van der Waals surface area contributed by atoms with Crippen molar-refractivity contribution in [2.24, 2.45) is 5.92 Å². The lowest BCUT2D eigenvalue weighted by molar-refractivity contribution is -0.0920. The van der Waals surface area contributed by atoms with E-state index in [0.29, 0.717) is 18.2 Å². The largest absolute Gasteiger partial charge is 0.378 e. The van der Waals surface area contributed by atoms with E-state index in [1.165, 1.54) is 0 Å². The molecule has 102 valence electrons. The Morgan fingerprint density at radius 2 is 2.05 bits per heavy atom. The van der Waals surface area contributed by atoms with E-state index < -0.39 is 0 Å². The summed E-state index contributed by atoms with van der Waals surface area (Å²) in [6.07, 6.45) is 2.47. The van der Waals surface area contributed by atoms with Gasteiger partial charge < -0.3 is 9.47 Å². The Balaban J connectivity index is 1.74. The first-order chi connectivity index (χ1) is 9.19. The molecule has 2 atom stereocenters. The summed E-state index contributed by atoms with van der Waals surface area (Å²) >= 11 is 5.85. The predicted molar refractivity (Wildman–Crippen MR) is 72.6 cm³/mol. The summed E-state index contributed by atoms with van der Waals surface area (Å²) in [5, 5.41) is 0.657. The van der Waals surface area contributed by atoms with Crippen molar-refractivity contribution in [1.29, 1.82) is 0 Å². The van der Waals surface area contributed by atoms with Crippen molar-refractivity contribution in [3.63, 3.8) is 0 Å². The molecule has 1 spiro atoms. The molecule has 0 bridgehead atoms. The van der Waals surface area contributed by atoms with Crippen LogP contribution < -0.4 is 0 Å². The van der Waals surface area contributed by atoms with Crippen molar-refractivity contribution in [3.05, 3.63) is 34.9 Å². The molecule has 0 aliphatic carbocycles. The standard InChI is InChI=1S/C15H17ClO3/c16-13-3-1-11(2-4-13)14(17)12-5-7-19-15(9-12)6-8-18-10-15/h1-4,12H,5-10H2. The lowest BCUT2D eigenvalue weighted by Gasteiger charge is -2.36. The Hall–Kier alpha value is -0.900. The Morgan fingerprint density at radius 3 is 2.74 bits per heavy atom. The highest BCUT2D eigenvalue weighted by Gasteiger charge is 2.42. The van der Waals surface area contributed by atoms with Crippen molar-refractivity contribution in [3.8, 4) is 0 Å². The fraction of sp³-hybridized carbons (Fsp3) is 0.533. The summed E-state index contributed by atoms with van der Waals surface area (Å²) in [6, 6.07) is 7.14. The van der Waals surface area contributed by atoms with Crippen LogP contribution in [0.4, 0.5) is 0 Å². The van der Waals surface area contributed by atoms with Crippen LogP contribution in [0.2, 0.25) is 5.02 Å². The van der Waals surface area contributed by atoms with Crippen molar-refractivity contribution < 1.29 is 14.3 Å². The van der Waals surface area contributed by atoms with E-state index in [1.54, 1.807) is 24.3 Å². The van der Waals surface area contributed by atoms with Crippen molar-refractivity contribution in [2.45, 2.75) is 24.9 Å². The topological polar surface area (TPSA) is 35.5 Å². The number of Topliss-reactive ketones (excluding diaryl/α,β-unsaturated/α-hetero) is 1. The molecule has 3 nitrogen and oxygen atoms in total. The van der Waals surface area contributed by atoms with E-state index >= 15 is 0 Å². The molecule has 2 saturated heterocycles. The number of halogens is 1. The second-order valence-electron chi connectivity index (χ2n) is 5.39. The Morgan fingerprint density at radius 1 is 1.26 bits per heavy atom. The maximum atomic E-state index is 12.5. The molecule has 0 radical (unpaired) electrons. The van der Waals surface area contributed by atoms with Crippen LogP contribution in [0.5, 0.6) is 0 Å². The molecular weight excluding hydrogens is 264 g/mol. The summed E-state index contributed by atoms with van der Waals surface area (Å²) in [5.74, 6) is 0.239. The Bertz CT molecular complexity index is 463. The van der Waals surface area contributed by atoms with Gasteiger partial charge in [-0.2, -0.15) is 0 Å². The van der Waals surface area contributed by atoms with Crippen molar-refractivity contribution in [2.75, 3.05) is 19.8 Å². The average Bonchev–Trinajstić information content (AvgIpc) is 2.87. The molecule has 0 saturated carbocycles. The first kappa shape index (κ1) is 13.1. The zero-order valence-corrected chi connectivity index (χ0v) is 11.5. The molecule has 1 aromatic carbocycles. The van der Waals surface area contributed by atoms with Gasteiger partial charge in [0.25, 0.3) is 0 Å². The Kier molecular flexibility index (Phi) is 3.61. The summed E-state index contributed by atoms with van der Waals surface area (Å²) in [4.78, 5) is 12.5. The minimum Gasteiger partial charge on any atom is -0.378 e. The van der Waals surface area contributed by atoms with E-state index in [9.17, 15) is 4.79 Å². The monoisotopic (exact) mass is 280 g/mol. The van der Waals surface area contributed by atoms with Crippen LogP contribution >= 0.6 is 11.6 Å². The molecule has 19 heavy (non-hydrogen) atoms. The summed E-state index contributed by atoms with van der Waals surface area (Å²) in [7, 11) is 0. The van der Waals surface area contributed by atoms with E-state index in [0.717, 1.165) is 31.4 Å².